The maximum Gasteiger partial charge on any atom is 0.407 e. The minimum absolute atomic E-state index is 0. The number of rotatable bonds is 8. The monoisotopic (exact) mass is 547 g/mol. The van der Waals surface area contributed by atoms with Crippen LogP contribution >= 0.6 is 24.0 Å². The number of amides is 1. The second kappa shape index (κ2) is 13.0. The molecular weight excluding hydrogens is 512 g/mol. The average Bonchev–Trinajstić information content (AvgIpc) is 3.58. The molecule has 3 N–H and O–H groups in total. The molecule has 1 amide bonds. The van der Waals surface area contributed by atoms with Gasteiger partial charge in [0.1, 0.15) is 5.82 Å². The molecule has 1 aromatic rings. The highest BCUT2D eigenvalue weighted by molar-refractivity contribution is 14.0. The van der Waals surface area contributed by atoms with Gasteiger partial charge in [-0.1, -0.05) is 12.1 Å². The molecule has 1 aromatic carbocycles. The fraction of sp³-hybridized carbons (Fsp3) is 0.636. The van der Waals surface area contributed by atoms with Gasteiger partial charge < -0.3 is 20.7 Å². The van der Waals surface area contributed by atoms with Crippen LogP contribution in [0.25, 0.3) is 0 Å². The number of alkyl carbamates (subject to hydrolysis) is 1. The molecule has 1 aliphatic carbocycles. The summed E-state index contributed by atoms with van der Waals surface area (Å²) in [6.07, 6.45) is 3.96. The lowest BCUT2D eigenvalue weighted by atomic mass is 10.0. The summed E-state index contributed by atoms with van der Waals surface area (Å²) in [5, 5.41) is 9.83. The molecular formula is C22H35FIN5O2. The molecule has 0 aromatic heterocycles. The Hall–Kier alpha value is -1.62. The highest BCUT2D eigenvalue weighted by atomic mass is 127. The average molecular weight is 547 g/mol. The van der Waals surface area contributed by atoms with Gasteiger partial charge in [0.25, 0.3) is 0 Å². The number of hydrogen-bond donors (Lipinski definition) is 3. The van der Waals surface area contributed by atoms with Gasteiger partial charge in [-0.3, -0.25) is 9.89 Å². The van der Waals surface area contributed by atoms with Crippen molar-refractivity contribution in [2.45, 2.75) is 51.2 Å². The Kier molecular flexibility index (Phi) is 10.8. The maximum atomic E-state index is 13.1. The van der Waals surface area contributed by atoms with Crippen molar-refractivity contribution in [2.75, 3.05) is 33.3 Å². The van der Waals surface area contributed by atoms with E-state index in [1.165, 1.54) is 12.1 Å². The van der Waals surface area contributed by atoms with Crippen LogP contribution in [0.2, 0.25) is 0 Å². The highest BCUT2D eigenvalue weighted by Gasteiger charge is 2.32. The zero-order valence-electron chi connectivity index (χ0n) is 18.4. The summed E-state index contributed by atoms with van der Waals surface area (Å²) in [5.41, 5.74) is 1.14. The van der Waals surface area contributed by atoms with Gasteiger partial charge >= 0.3 is 6.09 Å². The molecule has 174 valence electrons. The first-order chi connectivity index (χ1) is 14.6. The molecule has 1 saturated carbocycles. The van der Waals surface area contributed by atoms with E-state index >= 15 is 0 Å². The molecule has 1 aliphatic heterocycles. The standard InChI is InChI=1S/C22H34FN5O2.HI/c1-3-30-22(29)27-20(17-6-7-17)14-25-21(24-2)26-19-10-12-28(13-11-19)15-16-4-8-18(23)9-5-16;/h4-5,8-9,17,19-20H,3,6-7,10-15H2,1-2H3,(H,27,29)(H2,24,25,26);1H. The largest absolute Gasteiger partial charge is 0.450 e. The number of halogens is 2. The van der Waals surface area contributed by atoms with E-state index in [4.69, 9.17) is 4.74 Å². The van der Waals surface area contributed by atoms with Crippen LogP contribution in [-0.2, 0) is 11.3 Å². The van der Waals surface area contributed by atoms with E-state index in [1.54, 1.807) is 14.0 Å². The Morgan fingerprint density at radius 2 is 1.90 bits per heavy atom. The number of aliphatic imine (C=N–C) groups is 1. The van der Waals surface area contributed by atoms with Crippen molar-refractivity contribution >= 4 is 36.0 Å². The molecule has 2 fully saturated rings. The number of piperidine rings is 1. The summed E-state index contributed by atoms with van der Waals surface area (Å²) < 4.78 is 18.1. The van der Waals surface area contributed by atoms with Gasteiger partial charge in [0.05, 0.1) is 12.6 Å². The first kappa shape index (κ1) is 25.6. The number of benzene rings is 1. The molecule has 2 aliphatic rings. The van der Waals surface area contributed by atoms with Crippen LogP contribution in [-0.4, -0.2) is 62.3 Å². The zero-order valence-corrected chi connectivity index (χ0v) is 20.7. The number of carbonyl (C=O) groups is 1. The number of hydrogen-bond acceptors (Lipinski definition) is 4. The third-order valence-corrected chi connectivity index (χ3v) is 5.73. The molecule has 9 heteroatoms. The van der Waals surface area contributed by atoms with Crippen LogP contribution in [0, 0.1) is 11.7 Å². The first-order valence-electron chi connectivity index (χ1n) is 10.9. The minimum Gasteiger partial charge on any atom is -0.450 e. The summed E-state index contributed by atoms with van der Waals surface area (Å²) >= 11 is 0. The van der Waals surface area contributed by atoms with E-state index in [2.05, 4.69) is 25.8 Å². The van der Waals surface area contributed by atoms with Crippen LogP contribution in [0.5, 0.6) is 0 Å². The lowest BCUT2D eigenvalue weighted by Gasteiger charge is -2.33. The Balaban J connectivity index is 0.00000341. The second-order valence-electron chi connectivity index (χ2n) is 8.08. The van der Waals surface area contributed by atoms with E-state index in [0.29, 0.717) is 25.1 Å². The van der Waals surface area contributed by atoms with Crippen molar-refractivity contribution in [1.29, 1.82) is 0 Å². The number of nitrogens with zero attached hydrogens (tertiary/aromatic N) is 2. The molecule has 1 heterocycles. The van der Waals surface area contributed by atoms with Crippen molar-refractivity contribution in [3.8, 4) is 0 Å². The number of carbonyl (C=O) groups excluding carboxylic acids is 1. The van der Waals surface area contributed by atoms with Crippen LogP contribution < -0.4 is 16.0 Å². The van der Waals surface area contributed by atoms with Crippen molar-refractivity contribution in [1.82, 2.24) is 20.9 Å². The quantitative estimate of drug-likeness (QED) is 0.265. The predicted octanol–water partition coefficient (Wildman–Crippen LogP) is 3.10. The Morgan fingerprint density at radius 1 is 1.23 bits per heavy atom. The first-order valence-corrected chi connectivity index (χ1v) is 10.9. The van der Waals surface area contributed by atoms with Gasteiger partial charge in [-0.15, -0.1) is 24.0 Å². The predicted molar refractivity (Wildman–Crippen MR) is 131 cm³/mol. The van der Waals surface area contributed by atoms with E-state index in [0.717, 1.165) is 56.8 Å². The van der Waals surface area contributed by atoms with Gasteiger partial charge in [0, 0.05) is 39.3 Å². The van der Waals surface area contributed by atoms with Crippen molar-refractivity contribution in [3.63, 3.8) is 0 Å². The van der Waals surface area contributed by atoms with E-state index in [1.807, 2.05) is 12.1 Å². The second-order valence-corrected chi connectivity index (χ2v) is 8.08. The SMILES string of the molecule is CCOC(=O)NC(CNC(=NC)NC1CCN(Cc2ccc(F)cc2)CC1)C1CC1.I. The lowest BCUT2D eigenvalue weighted by Crippen LogP contribution is -2.52. The Labute approximate surface area is 201 Å². The lowest BCUT2D eigenvalue weighted by molar-refractivity contribution is 0.146. The molecule has 1 unspecified atom stereocenters. The smallest absolute Gasteiger partial charge is 0.407 e. The number of ether oxygens (including phenoxy) is 1. The van der Waals surface area contributed by atoms with E-state index in [9.17, 15) is 9.18 Å². The van der Waals surface area contributed by atoms with E-state index < -0.39 is 0 Å². The minimum atomic E-state index is -0.354. The van der Waals surface area contributed by atoms with Gasteiger partial charge in [0.15, 0.2) is 5.96 Å². The normalized spacial score (nSPS) is 18.6. The maximum absolute atomic E-state index is 13.1. The number of likely N-dealkylation sites (tertiary alicyclic amines) is 1. The van der Waals surface area contributed by atoms with Crippen molar-refractivity contribution in [3.05, 3.63) is 35.6 Å². The molecule has 1 saturated heterocycles. The summed E-state index contributed by atoms with van der Waals surface area (Å²) in [6.45, 7) is 5.64. The van der Waals surface area contributed by atoms with E-state index in [-0.39, 0.29) is 41.9 Å². The van der Waals surface area contributed by atoms with Crippen LogP contribution in [0.1, 0.15) is 38.2 Å². The summed E-state index contributed by atoms with van der Waals surface area (Å²) in [5.74, 6) is 1.08. The molecule has 31 heavy (non-hydrogen) atoms. The summed E-state index contributed by atoms with van der Waals surface area (Å²) in [6, 6.07) is 7.16. The molecule has 3 rings (SSSR count). The van der Waals surface area contributed by atoms with Gasteiger partial charge in [-0.05, 0) is 56.2 Å². The third kappa shape index (κ3) is 8.80. The number of nitrogens with one attached hydrogen (secondary N) is 3. The molecule has 0 radical (unpaired) electrons. The van der Waals surface area contributed by atoms with Crippen LogP contribution in [0.15, 0.2) is 29.3 Å². The number of guanidine groups is 1. The fourth-order valence-electron chi connectivity index (χ4n) is 3.84. The Bertz CT molecular complexity index is 706. The van der Waals surface area contributed by atoms with Crippen molar-refractivity contribution in [2.24, 2.45) is 10.9 Å². The molecule has 1 atom stereocenters. The van der Waals surface area contributed by atoms with Gasteiger partial charge in [0.2, 0.25) is 0 Å². The molecule has 7 nitrogen and oxygen atoms in total. The highest BCUT2D eigenvalue weighted by Crippen LogP contribution is 2.32. The fourth-order valence-corrected chi connectivity index (χ4v) is 3.84. The summed E-state index contributed by atoms with van der Waals surface area (Å²) in [4.78, 5) is 18.5. The third-order valence-electron chi connectivity index (χ3n) is 5.73. The summed E-state index contributed by atoms with van der Waals surface area (Å²) in [7, 11) is 1.77. The Morgan fingerprint density at radius 3 is 2.48 bits per heavy atom. The van der Waals surface area contributed by atoms with Gasteiger partial charge in [-0.25, -0.2) is 9.18 Å². The van der Waals surface area contributed by atoms with Gasteiger partial charge in [-0.2, -0.15) is 0 Å². The van der Waals surface area contributed by atoms with Crippen molar-refractivity contribution < 1.29 is 13.9 Å². The zero-order chi connectivity index (χ0) is 21.3. The van der Waals surface area contributed by atoms with Crippen LogP contribution in [0.3, 0.4) is 0 Å². The van der Waals surface area contributed by atoms with Crippen LogP contribution in [0.4, 0.5) is 9.18 Å². The molecule has 0 bridgehead atoms. The topological polar surface area (TPSA) is 78.0 Å². The molecule has 0 spiro atoms.